The quantitative estimate of drug-likeness (QED) is 0.840. The largest absolute Gasteiger partial charge is 0.297 e. The fourth-order valence-electron chi connectivity index (χ4n) is 3.19. The van der Waals surface area contributed by atoms with Crippen LogP contribution in [0.4, 0.5) is 0 Å². The van der Waals surface area contributed by atoms with Crippen LogP contribution in [0.1, 0.15) is 38.7 Å². The lowest BCUT2D eigenvalue weighted by Crippen LogP contribution is -2.52. The second-order valence-electron chi connectivity index (χ2n) is 6.46. The molecule has 3 rings (SSSR count). The highest BCUT2D eigenvalue weighted by Gasteiger charge is 2.34. The molecule has 1 aromatic heterocycles. The molecule has 2 nitrogen and oxygen atoms in total. The van der Waals surface area contributed by atoms with Crippen LogP contribution in [0.3, 0.4) is 0 Å². The highest BCUT2D eigenvalue weighted by Crippen LogP contribution is 2.29. The van der Waals surface area contributed by atoms with Crippen molar-refractivity contribution < 1.29 is 4.79 Å². The summed E-state index contributed by atoms with van der Waals surface area (Å²) in [7, 11) is 0. The van der Waals surface area contributed by atoms with E-state index >= 15 is 0 Å². The Labute approximate surface area is 130 Å². The van der Waals surface area contributed by atoms with E-state index in [1.54, 1.807) is 11.3 Å². The number of nitrogens with zero attached hydrogens (tertiary/aromatic N) is 1. The van der Waals surface area contributed by atoms with Crippen LogP contribution in [-0.4, -0.2) is 29.3 Å². The zero-order valence-corrected chi connectivity index (χ0v) is 13.7. The summed E-state index contributed by atoms with van der Waals surface area (Å²) in [6, 6.07) is 8.37. The van der Waals surface area contributed by atoms with Gasteiger partial charge >= 0.3 is 0 Å². The first kappa shape index (κ1) is 14.7. The highest BCUT2D eigenvalue weighted by atomic mass is 32.1. The fraction of sp³-hybridized carbons (Fsp3) is 0.500. The van der Waals surface area contributed by atoms with Crippen LogP contribution in [0, 0.1) is 0 Å². The maximum atomic E-state index is 12.8. The Morgan fingerprint density at radius 3 is 2.67 bits per heavy atom. The van der Waals surface area contributed by atoms with Gasteiger partial charge in [-0.25, -0.2) is 0 Å². The van der Waals surface area contributed by atoms with Crippen LogP contribution in [0.25, 0.3) is 10.1 Å². The van der Waals surface area contributed by atoms with Crippen LogP contribution in [0.15, 0.2) is 29.6 Å². The normalized spacial score (nSPS) is 17.2. The van der Waals surface area contributed by atoms with Crippen molar-refractivity contribution in [2.75, 3.05) is 13.1 Å². The Bertz CT molecular complexity index is 637. The van der Waals surface area contributed by atoms with E-state index in [0.717, 1.165) is 13.1 Å². The summed E-state index contributed by atoms with van der Waals surface area (Å²) in [6.07, 6.45) is 4.29. The molecule has 0 bridgehead atoms. The SMILES string of the molecule is CC(C)(C(=O)Cc1csc2ccccc12)N1CCCCC1. The van der Waals surface area contributed by atoms with Gasteiger partial charge in [-0.15, -0.1) is 11.3 Å². The Kier molecular flexibility index (Phi) is 4.14. The average Bonchev–Trinajstić information content (AvgIpc) is 2.91. The van der Waals surface area contributed by atoms with Crippen molar-refractivity contribution in [1.82, 2.24) is 4.90 Å². The van der Waals surface area contributed by atoms with E-state index in [1.807, 2.05) is 0 Å². The molecule has 0 amide bonds. The number of benzene rings is 1. The van der Waals surface area contributed by atoms with Gasteiger partial charge in [-0.2, -0.15) is 0 Å². The van der Waals surface area contributed by atoms with Crippen molar-refractivity contribution in [2.24, 2.45) is 0 Å². The summed E-state index contributed by atoms with van der Waals surface area (Å²) < 4.78 is 1.27. The third-order valence-electron chi connectivity index (χ3n) is 4.74. The number of piperidine rings is 1. The molecule has 0 spiro atoms. The number of Topliss-reactive ketones (excluding diaryl/α,β-unsaturated/α-hetero) is 1. The average molecular weight is 301 g/mol. The van der Waals surface area contributed by atoms with Crippen LogP contribution >= 0.6 is 11.3 Å². The Hall–Kier alpha value is -1.19. The monoisotopic (exact) mass is 301 g/mol. The predicted octanol–water partition coefficient (Wildman–Crippen LogP) is 4.28. The molecule has 1 aliphatic heterocycles. The van der Waals surface area contributed by atoms with Gasteiger partial charge in [0, 0.05) is 11.1 Å². The lowest BCUT2D eigenvalue weighted by molar-refractivity contribution is -0.129. The third-order valence-corrected chi connectivity index (χ3v) is 5.75. The number of thiophene rings is 1. The van der Waals surface area contributed by atoms with E-state index in [1.165, 1.54) is 34.9 Å². The third kappa shape index (κ3) is 2.90. The lowest BCUT2D eigenvalue weighted by Gasteiger charge is -2.39. The van der Waals surface area contributed by atoms with Gasteiger partial charge in [0.05, 0.1) is 5.54 Å². The van der Waals surface area contributed by atoms with Crippen molar-refractivity contribution >= 4 is 27.2 Å². The van der Waals surface area contributed by atoms with Crippen LogP contribution in [0.5, 0.6) is 0 Å². The summed E-state index contributed by atoms with van der Waals surface area (Å²) in [4.78, 5) is 15.2. The minimum absolute atomic E-state index is 0.341. The van der Waals surface area contributed by atoms with Gasteiger partial charge in [-0.1, -0.05) is 24.6 Å². The van der Waals surface area contributed by atoms with E-state index in [2.05, 4.69) is 48.4 Å². The molecule has 2 heterocycles. The smallest absolute Gasteiger partial charge is 0.156 e. The zero-order valence-electron chi connectivity index (χ0n) is 12.9. The summed E-state index contributed by atoms with van der Waals surface area (Å²) >= 11 is 1.74. The maximum Gasteiger partial charge on any atom is 0.156 e. The molecule has 1 fully saturated rings. The van der Waals surface area contributed by atoms with E-state index < -0.39 is 0 Å². The van der Waals surface area contributed by atoms with Crippen molar-refractivity contribution in [2.45, 2.75) is 45.1 Å². The molecule has 0 N–H and O–H groups in total. The number of likely N-dealkylation sites (tertiary alicyclic amines) is 1. The first-order chi connectivity index (χ1) is 10.1. The van der Waals surface area contributed by atoms with Crippen molar-refractivity contribution in [3.8, 4) is 0 Å². The molecule has 3 heteroatoms. The Morgan fingerprint density at radius 2 is 1.90 bits per heavy atom. The van der Waals surface area contributed by atoms with E-state index in [9.17, 15) is 4.79 Å². The lowest BCUT2D eigenvalue weighted by atomic mass is 9.90. The molecule has 0 unspecified atom stereocenters. The highest BCUT2D eigenvalue weighted by molar-refractivity contribution is 7.17. The summed E-state index contributed by atoms with van der Waals surface area (Å²) in [6.45, 7) is 6.30. The van der Waals surface area contributed by atoms with E-state index in [4.69, 9.17) is 0 Å². The number of carbonyl (C=O) groups excluding carboxylic acids is 1. The number of carbonyl (C=O) groups is 1. The maximum absolute atomic E-state index is 12.8. The standard InChI is InChI=1S/C18H23NOS/c1-18(2,19-10-6-3-7-11-19)17(20)12-14-13-21-16-9-5-4-8-15(14)16/h4-5,8-9,13H,3,6-7,10-12H2,1-2H3. The minimum Gasteiger partial charge on any atom is -0.297 e. The molecule has 1 saturated heterocycles. The van der Waals surface area contributed by atoms with Crippen LogP contribution < -0.4 is 0 Å². The number of ketones is 1. The van der Waals surface area contributed by atoms with E-state index in [0.29, 0.717) is 12.2 Å². The van der Waals surface area contributed by atoms with Gasteiger partial charge in [-0.05, 0) is 62.2 Å². The number of rotatable bonds is 4. The minimum atomic E-state index is -0.344. The van der Waals surface area contributed by atoms with Crippen LogP contribution in [-0.2, 0) is 11.2 Å². The molecule has 112 valence electrons. The second-order valence-corrected chi connectivity index (χ2v) is 7.38. The molecule has 0 radical (unpaired) electrons. The van der Waals surface area contributed by atoms with Gasteiger partial charge in [0.25, 0.3) is 0 Å². The molecule has 1 aromatic carbocycles. The summed E-state index contributed by atoms with van der Waals surface area (Å²) in [5, 5.41) is 3.39. The zero-order chi connectivity index (χ0) is 14.9. The molecule has 1 aliphatic rings. The van der Waals surface area contributed by atoms with Gasteiger partial charge in [0.1, 0.15) is 0 Å². The molecule has 0 atom stereocenters. The fourth-order valence-corrected chi connectivity index (χ4v) is 4.15. The number of hydrogen-bond donors (Lipinski definition) is 0. The number of hydrogen-bond acceptors (Lipinski definition) is 3. The van der Waals surface area contributed by atoms with Crippen molar-refractivity contribution in [3.63, 3.8) is 0 Å². The molecule has 21 heavy (non-hydrogen) atoms. The van der Waals surface area contributed by atoms with Gasteiger partial charge in [0.15, 0.2) is 5.78 Å². The second kappa shape index (κ2) is 5.90. The van der Waals surface area contributed by atoms with Gasteiger partial charge < -0.3 is 0 Å². The molecule has 0 saturated carbocycles. The molecular formula is C18H23NOS. The first-order valence-electron chi connectivity index (χ1n) is 7.82. The van der Waals surface area contributed by atoms with Crippen molar-refractivity contribution in [1.29, 1.82) is 0 Å². The Balaban J connectivity index is 1.78. The van der Waals surface area contributed by atoms with Crippen molar-refractivity contribution in [3.05, 3.63) is 35.2 Å². The Morgan fingerprint density at radius 1 is 1.19 bits per heavy atom. The topological polar surface area (TPSA) is 20.3 Å². The molecule has 2 aromatic rings. The predicted molar refractivity (Wildman–Crippen MR) is 90.0 cm³/mol. The van der Waals surface area contributed by atoms with Gasteiger partial charge in [0.2, 0.25) is 0 Å². The van der Waals surface area contributed by atoms with Crippen LogP contribution in [0.2, 0.25) is 0 Å². The summed E-state index contributed by atoms with van der Waals surface area (Å²) in [5.74, 6) is 0.341. The number of fused-ring (bicyclic) bond motifs is 1. The van der Waals surface area contributed by atoms with Gasteiger partial charge in [-0.3, -0.25) is 9.69 Å². The molecular weight excluding hydrogens is 278 g/mol. The molecule has 0 aliphatic carbocycles. The first-order valence-corrected chi connectivity index (χ1v) is 8.70. The van der Waals surface area contributed by atoms with E-state index in [-0.39, 0.29) is 5.54 Å². The summed E-state index contributed by atoms with van der Waals surface area (Å²) in [5.41, 5.74) is 0.842.